The molecule has 1 aromatic rings. The van der Waals surface area contributed by atoms with Crippen molar-refractivity contribution in [2.45, 2.75) is 0 Å². The quantitative estimate of drug-likeness (QED) is 0.662. The molecule has 0 aliphatic carbocycles. The van der Waals surface area contributed by atoms with Gasteiger partial charge in [-0.25, -0.2) is 4.79 Å². The third-order valence-electron chi connectivity index (χ3n) is 1.24. The fraction of sp³-hybridized carbons (Fsp3) is 0. The molecule has 1 aromatic carbocycles. The Morgan fingerprint density at radius 3 is 2.25 bits per heavy atom. The predicted molar refractivity (Wildman–Crippen MR) is 44.5 cm³/mol. The van der Waals surface area contributed by atoms with Crippen LogP contribution in [-0.2, 0) is 0 Å². The van der Waals surface area contributed by atoms with Gasteiger partial charge in [-0.15, -0.1) is 0 Å². The molecule has 1 amide bonds. The number of amides is 1. The number of anilines is 1. The molecule has 0 spiro atoms. The fourth-order valence-electron chi connectivity index (χ4n) is 0.694. The van der Waals surface area contributed by atoms with Crippen molar-refractivity contribution in [3.8, 4) is 5.75 Å². The first-order valence-electron chi connectivity index (χ1n) is 3.09. The van der Waals surface area contributed by atoms with Crippen LogP contribution in [0.25, 0.3) is 0 Å². The summed E-state index contributed by atoms with van der Waals surface area (Å²) in [5, 5.41) is 17.3. The van der Waals surface area contributed by atoms with Gasteiger partial charge >= 0.3 is 6.09 Å². The van der Waals surface area contributed by atoms with E-state index in [-0.39, 0.29) is 5.75 Å². The molecule has 0 heterocycles. The SMILES string of the molecule is O=C(O)N(Cl)c1ccc(O)cc1. The number of phenolic OH excluding ortho intramolecular Hbond substituents is 1. The number of nitrogens with zero attached hydrogens (tertiary/aromatic N) is 1. The number of halogens is 1. The summed E-state index contributed by atoms with van der Waals surface area (Å²) in [6.07, 6.45) is -1.26. The molecular formula is C7H6ClNO3. The average molecular weight is 188 g/mol. The van der Waals surface area contributed by atoms with Crippen molar-refractivity contribution < 1.29 is 15.0 Å². The van der Waals surface area contributed by atoms with Gasteiger partial charge in [-0.3, -0.25) is 0 Å². The second-order valence-electron chi connectivity index (χ2n) is 2.08. The van der Waals surface area contributed by atoms with Crippen LogP contribution < -0.4 is 4.42 Å². The van der Waals surface area contributed by atoms with Crippen LogP contribution in [0.3, 0.4) is 0 Å². The van der Waals surface area contributed by atoms with E-state index < -0.39 is 6.09 Å². The Kier molecular flexibility index (Phi) is 2.40. The topological polar surface area (TPSA) is 60.8 Å². The van der Waals surface area contributed by atoms with Gasteiger partial charge in [-0.2, -0.15) is 4.42 Å². The molecule has 0 atom stereocenters. The maximum Gasteiger partial charge on any atom is 0.426 e. The van der Waals surface area contributed by atoms with Crippen molar-refractivity contribution in [2.75, 3.05) is 4.42 Å². The van der Waals surface area contributed by atoms with Gasteiger partial charge in [0.1, 0.15) is 5.75 Å². The van der Waals surface area contributed by atoms with E-state index in [0.29, 0.717) is 10.1 Å². The molecule has 0 fully saturated rings. The lowest BCUT2D eigenvalue weighted by Crippen LogP contribution is -2.17. The van der Waals surface area contributed by atoms with Gasteiger partial charge in [0.15, 0.2) is 0 Å². The normalized spacial score (nSPS) is 9.42. The highest BCUT2D eigenvalue weighted by Gasteiger charge is 2.09. The molecule has 0 saturated heterocycles. The second kappa shape index (κ2) is 3.32. The van der Waals surface area contributed by atoms with Crippen molar-refractivity contribution >= 4 is 23.6 Å². The zero-order valence-electron chi connectivity index (χ0n) is 5.94. The number of phenols is 1. The molecule has 12 heavy (non-hydrogen) atoms. The molecule has 5 heteroatoms. The number of carboxylic acid groups (broad SMARTS) is 1. The molecule has 0 radical (unpaired) electrons. The molecule has 4 nitrogen and oxygen atoms in total. The average Bonchev–Trinajstić information content (AvgIpc) is 2.04. The molecular weight excluding hydrogens is 182 g/mol. The number of hydrogen-bond acceptors (Lipinski definition) is 2. The molecule has 0 unspecified atom stereocenters. The van der Waals surface area contributed by atoms with Crippen molar-refractivity contribution in [1.29, 1.82) is 0 Å². The molecule has 2 N–H and O–H groups in total. The Balaban J connectivity index is 2.89. The smallest absolute Gasteiger partial charge is 0.426 e. The van der Waals surface area contributed by atoms with E-state index in [1.165, 1.54) is 24.3 Å². The molecule has 0 bridgehead atoms. The lowest BCUT2D eigenvalue weighted by molar-refractivity contribution is 0.206. The summed E-state index contributed by atoms with van der Waals surface area (Å²) in [7, 11) is 0. The monoisotopic (exact) mass is 187 g/mol. The van der Waals surface area contributed by atoms with E-state index in [4.69, 9.17) is 22.0 Å². The Labute approximate surface area is 73.7 Å². The Bertz CT molecular complexity index is 285. The highest BCUT2D eigenvalue weighted by atomic mass is 35.5. The van der Waals surface area contributed by atoms with Crippen LogP contribution in [0.2, 0.25) is 0 Å². The van der Waals surface area contributed by atoms with Gasteiger partial charge in [0.2, 0.25) is 0 Å². The highest BCUT2D eigenvalue weighted by molar-refractivity contribution is 6.35. The summed E-state index contributed by atoms with van der Waals surface area (Å²) < 4.78 is 0.541. The minimum absolute atomic E-state index is 0.0641. The summed E-state index contributed by atoms with van der Waals surface area (Å²) in [4.78, 5) is 10.3. The van der Waals surface area contributed by atoms with Crippen LogP contribution in [0.1, 0.15) is 0 Å². The van der Waals surface area contributed by atoms with Crippen LogP contribution in [0.5, 0.6) is 5.75 Å². The number of carbonyl (C=O) groups is 1. The van der Waals surface area contributed by atoms with Crippen LogP contribution in [0.15, 0.2) is 24.3 Å². The molecule has 0 aliphatic heterocycles. The number of hydrogen-bond donors (Lipinski definition) is 2. The van der Waals surface area contributed by atoms with Gasteiger partial charge < -0.3 is 10.2 Å². The van der Waals surface area contributed by atoms with Crippen LogP contribution >= 0.6 is 11.8 Å². The molecule has 64 valence electrons. The van der Waals surface area contributed by atoms with E-state index in [9.17, 15) is 4.79 Å². The van der Waals surface area contributed by atoms with E-state index in [1.54, 1.807) is 0 Å². The van der Waals surface area contributed by atoms with Crippen molar-refractivity contribution in [3.05, 3.63) is 24.3 Å². The number of benzene rings is 1. The van der Waals surface area contributed by atoms with Gasteiger partial charge in [-0.1, -0.05) is 0 Å². The third kappa shape index (κ3) is 1.79. The maximum absolute atomic E-state index is 10.3. The number of rotatable bonds is 1. The van der Waals surface area contributed by atoms with E-state index in [1.807, 2.05) is 0 Å². The summed E-state index contributed by atoms with van der Waals surface area (Å²) in [6.45, 7) is 0. The summed E-state index contributed by atoms with van der Waals surface area (Å²) in [6, 6.07) is 5.51. The maximum atomic E-state index is 10.3. The zero-order valence-corrected chi connectivity index (χ0v) is 6.69. The first kappa shape index (κ1) is 8.67. The summed E-state index contributed by atoms with van der Waals surface area (Å²) in [5.41, 5.74) is 0.293. The first-order valence-corrected chi connectivity index (χ1v) is 3.43. The van der Waals surface area contributed by atoms with Crippen molar-refractivity contribution in [3.63, 3.8) is 0 Å². The van der Waals surface area contributed by atoms with Gasteiger partial charge in [-0.05, 0) is 24.3 Å². The third-order valence-corrected chi connectivity index (χ3v) is 1.58. The molecule has 0 aromatic heterocycles. The molecule has 0 saturated carbocycles. The molecule has 0 aliphatic rings. The summed E-state index contributed by atoms with van der Waals surface area (Å²) >= 11 is 5.35. The second-order valence-corrected chi connectivity index (χ2v) is 2.42. The largest absolute Gasteiger partial charge is 0.508 e. The lowest BCUT2D eigenvalue weighted by atomic mass is 10.3. The number of aromatic hydroxyl groups is 1. The highest BCUT2D eigenvalue weighted by Crippen LogP contribution is 2.19. The fourth-order valence-corrected chi connectivity index (χ4v) is 0.807. The predicted octanol–water partition coefficient (Wildman–Crippen LogP) is 2.03. The van der Waals surface area contributed by atoms with Gasteiger partial charge in [0.05, 0.1) is 5.69 Å². The van der Waals surface area contributed by atoms with E-state index in [2.05, 4.69) is 0 Å². The van der Waals surface area contributed by atoms with Crippen molar-refractivity contribution in [1.82, 2.24) is 0 Å². The van der Waals surface area contributed by atoms with Crippen LogP contribution in [-0.4, -0.2) is 16.3 Å². The summed E-state index contributed by atoms with van der Waals surface area (Å²) in [5.74, 6) is 0.0641. The van der Waals surface area contributed by atoms with Gasteiger partial charge in [0, 0.05) is 11.8 Å². The Morgan fingerprint density at radius 1 is 1.33 bits per heavy atom. The van der Waals surface area contributed by atoms with E-state index in [0.717, 1.165) is 0 Å². The molecule has 1 rings (SSSR count). The van der Waals surface area contributed by atoms with E-state index >= 15 is 0 Å². The zero-order chi connectivity index (χ0) is 9.14. The van der Waals surface area contributed by atoms with Crippen molar-refractivity contribution in [2.24, 2.45) is 0 Å². The minimum atomic E-state index is -1.26. The standard InChI is InChI=1S/C7H6ClNO3/c8-9(7(11)12)5-1-3-6(10)4-2-5/h1-4,10H,(H,11,12). The van der Waals surface area contributed by atoms with Gasteiger partial charge in [0.25, 0.3) is 0 Å². The lowest BCUT2D eigenvalue weighted by Gasteiger charge is -2.08. The first-order chi connectivity index (χ1) is 5.61. The van der Waals surface area contributed by atoms with Crippen LogP contribution in [0.4, 0.5) is 10.5 Å². The Hall–Kier alpha value is -1.42. The minimum Gasteiger partial charge on any atom is -0.508 e. The van der Waals surface area contributed by atoms with Crippen LogP contribution in [0, 0.1) is 0 Å². The Morgan fingerprint density at radius 2 is 1.83 bits per heavy atom.